The Morgan fingerprint density at radius 2 is 2.24 bits per heavy atom. The predicted molar refractivity (Wildman–Crippen MR) is 82.1 cm³/mol. The molecule has 6 nitrogen and oxygen atoms in total. The van der Waals surface area contributed by atoms with Crippen LogP contribution in [0.2, 0.25) is 0 Å². The maximum absolute atomic E-state index is 11.7. The van der Waals surface area contributed by atoms with E-state index in [1.807, 2.05) is 38.3 Å². The smallest absolute Gasteiger partial charge is 0.230 e. The fourth-order valence-corrected chi connectivity index (χ4v) is 2.80. The molecule has 2 aromatic rings. The first-order chi connectivity index (χ1) is 10.0. The van der Waals surface area contributed by atoms with Crippen molar-refractivity contribution < 1.29 is 9.21 Å². The fourth-order valence-electron chi connectivity index (χ4n) is 1.99. The van der Waals surface area contributed by atoms with Crippen LogP contribution in [-0.2, 0) is 11.3 Å². The Morgan fingerprint density at radius 3 is 2.81 bits per heavy atom. The van der Waals surface area contributed by atoms with E-state index in [4.69, 9.17) is 4.42 Å². The van der Waals surface area contributed by atoms with Gasteiger partial charge in [0.2, 0.25) is 5.91 Å². The summed E-state index contributed by atoms with van der Waals surface area (Å²) in [5.74, 6) is 1.92. The normalized spacial score (nSPS) is 11.1. The molecule has 1 amide bonds. The quantitative estimate of drug-likeness (QED) is 0.830. The third-order valence-corrected chi connectivity index (χ3v) is 3.88. The Balaban J connectivity index is 2.13. The molecule has 2 heterocycles. The minimum Gasteiger partial charge on any atom is -0.469 e. The minimum atomic E-state index is 0.00157. The van der Waals surface area contributed by atoms with E-state index < -0.39 is 0 Å². The standard InChI is InChI=1S/C14H20N4O2S/c1-5-18-13(11-6-7-20-10(11)4)16-17-14(18)21-8-12(19)15-9(2)3/h6-7,9H,5,8H2,1-4H3,(H,15,19). The summed E-state index contributed by atoms with van der Waals surface area (Å²) in [7, 11) is 0. The van der Waals surface area contributed by atoms with Crippen LogP contribution < -0.4 is 5.32 Å². The van der Waals surface area contributed by atoms with Crippen molar-refractivity contribution in [1.82, 2.24) is 20.1 Å². The van der Waals surface area contributed by atoms with E-state index in [2.05, 4.69) is 15.5 Å². The Labute approximate surface area is 128 Å². The Kier molecular flexibility index (Phi) is 5.06. The molecule has 0 aliphatic carbocycles. The number of hydrogen-bond donors (Lipinski definition) is 1. The van der Waals surface area contributed by atoms with E-state index in [1.54, 1.807) is 6.26 Å². The summed E-state index contributed by atoms with van der Waals surface area (Å²) in [5, 5.41) is 12.0. The van der Waals surface area contributed by atoms with Gasteiger partial charge in [-0.1, -0.05) is 11.8 Å². The first kappa shape index (κ1) is 15.6. The molecule has 21 heavy (non-hydrogen) atoms. The van der Waals surface area contributed by atoms with Crippen molar-refractivity contribution in [2.45, 2.75) is 45.4 Å². The molecule has 0 spiro atoms. The molecule has 0 saturated heterocycles. The molecule has 0 fully saturated rings. The molecular formula is C14H20N4O2S. The van der Waals surface area contributed by atoms with Crippen molar-refractivity contribution in [3.8, 4) is 11.4 Å². The Morgan fingerprint density at radius 1 is 1.48 bits per heavy atom. The molecule has 0 aliphatic rings. The number of nitrogens with one attached hydrogen (secondary N) is 1. The lowest BCUT2D eigenvalue weighted by Gasteiger charge is -2.09. The topological polar surface area (TPSA) is 73.0 Å². The van der Waals surface area contributed by atoms with Gasteiger partial charge in [0.1, 0.15) is 5.76 Å². The van der Waals surface area contributed by atoms with Gasteiger partial charge in [-0.25, -0.2) is 0 Å². The van der Waals surface area contributed by atoms with Gasteiger partial charge in [0.15, 0.2) is 11.0 Å². The van der Waals surface area contributed by atoms with Crippen molar-refractivity contribution >= 4 is 17.7 Å². The van der Waals surface area contributed by atoms with Gasteiger partial charge < -0.3 is 14.3 Å². The van der Waals surface area contributed by atoms with Crippen molar-refractivity contribution in [3.05, 3.63) is 18.1 Å². The van der Waals surface area contributed by atoms with Crippen LogP contribution in [0.4, 0.5) is 0 Å². The Bertz CT molecular complexity index is 618. The van der Waals surface area contributed by atoms with E-state index in [0.717, 1.165) is 28.8 Å². The number of carbonyl (C=O) groups is 1. The Hall–Kier alpha value is -1.76. The van der Waals surface area contributed by atoms with Crippen LogP contribution in [-0.4, -0.2) is 32.5 Å². The largest absolute Gasteiger partial charge is 0.469 e. The van der Waals surface area contributed by atoms with Crippen molar-refractivity contribution in [3.63, 3.8) is 0 Å². The van der Waals surface area contributed by atoms with E-state index in [-0.39, 0.29) is 11.9 Å². The average Bonchev–Trinajstić information content (AvgIpc) is 3.00. The van der Waals surface area contributed by atoms with Crippen molar-refractivity contribution in [2.24, 2.45) is 0 Å². The number of rotatable bonds is 6. The third kappa shape index (κ3) is 3.66. The molecule has 2 aromatic heterocycles. The highest BCUT2D eigenvalue weighted by Crippen LogP contribution is 2.26. The second-order valence-electron chi connectivity index (χ2n) is 4.95. The molecule has 1 N–H and O–H groups in total. The summed E-state index contributed by atoms with van der Waals surface area (Å²) < 4.78 is 7.31. The summed E-state index contributed by atoms with van der Waals surface area (Å²) in [6, 6.07) is 2.03. The van der Waals surface area contributed by atoms with Crippen LogP contribution in [0.3, 0.4) is 0 Å². The number of hydrogen-bond acceptors (Lipinski definition) is 5. The number of amides is 1. The fraction of sp³-hybridized carbons (Fsp3) is 0.500. The highest BCUT2D eigenvalue weighted by atomic mass is 32.2. The first-order valence-corrected chi connectivity index (χ1v) is 7.91. The van der Waals surface area contributed by atoms with Gasteiger partial charge in [-0.15, -0.1) is 10.2 Å². The van der Waals surface area contributed by atoms with Gasteiger partial charge in [-0.2, -0.15) is 0 Å². The summed E-state index contributed by atoms with van der Waals surface area (Å²) in [6.07, 6.45) is 1.64. The number of furan rings is 1. The summed E-state index contributed by atoms with van der Waals surface area (Å²) in [4.78, 5) is 11.7. The summed E-state index contributed by atoms with van der Waals surface area (Å²) >= 11 is 1.39. The van der Waals surface area contributed by atoms with Gasteiger partial charge in [-0.3, -0.25) is 4.79 Å². The molecule has 114 valence electrons. The molecule has 0 radical (unpaired) electrons. The maximum atomic E-state index is 11.7. The monoisotopic (exact) mass is 308 g/mol. The van der Waals surface area contributed by atoms with Gasteiger partial charge in [0, 0.05) is 12.6 Å². The average molecular weight is 308 g/mol. The molecule has 0 saturated carbocycles. The zero-order valence-electron chi connectivity index (χ0n) is 12.7. The van der Waals surface area contributed by atoms with Gasteiger partial charge >= 0.3 is 0 Å². The highest BCUT2D eigenvalue weighted by molar-refractivity contribution is 7.99. The van der Waals surface area contributed by atoms with E-state index in [1.165, 1.54) is 11.8 Å². The molecule has 0 atom stereocenters. The lowest BCUT2D eigenvalue weighted by molar-refractivity contribution is -0.119. The number of nitrogens with zero attached hydrogens (tertiary/aromatic N) is 3. The molecule has 0 aliphatic heterocycles. The first-order valence-electron chi connectivity index (χ1n) is 6.92. The van der Waals surface area contributed by atoms with Crippen molar-refractivity contribution in [2.75, 3.05) is 5.75 Å². The lowest BCUT2D eigenvalue weighted by Crippen LogP contribution is -2.31. The van der Waals surface area contributed by atoms with Crippen LogP contribution in [0, 0.1) is 6.92 Å². The predicted octanol–water partition coefficient (Wildman–Crippen LogP) is 2.48. The number of aromatic nitrogens is 3. The minimum absolute atomic E-state index is 0.00157. The van der Waals surface area contributed by atoms with Crippen LogP contribution >= 0.6 is 11.8 Å². The van der Waals surface area contributed by atoms with Gasteiger partial charge in [0.25, 0.3) is 0 Å². The second-order valence-corrected chi connectivity index (χ2v) is 5.89. The van der Waals surface area contributed by atoms with Crippen molar-refractivity contribution in [1.29, 1.82) is 0 Å². The lowest BCUT2D eigenvalue weighted by atomic mass is 10.2. The maximum Gasteiger partial charge on any atom is 0.230 e. The number of carbonyl (C=O) groups excluding carboxylic acids is 1. The number of thioether (sulfide) groups is 1. The zero-order valence-corrected chi connectivity index (χ0v) is 13.5. The van der Waals surface area contributed by atoms with Gasteiger partial charge in [-0.05, 0) is 33.8 Å². The van der Waals surface area contributed by atoms with E-state index in [0.29, 0.717) is 5.75 Å². The van der Waals surface area contributed by atoms with Crippen LogP contribution in [0.5, 0.6) is 0 Å². The van der Waals surface area contributed by atoms with E-state index in [9.17, 15) is 4.79 Å². The van der Waals surface area contributed by atoms with Crippen LogP contribution in [0.1, 0.15) is 26.5 Å². The molecular weight excluding hydrogens is 288 g/mol. The number of aryl methyl sites for hydroxylation is 1. The van der Waals surface area contributed by atoms with Crippen LogP contribution in [0.15, 0.2) is 21.9 Å². The summed E-state index contributed by atoms with van der Waals surface area (Å²) in [5.41, 5.74) is 0.933. The third-order valence-electron chi connectivity index (χ3n) is 2.91. The molecule has 2 rings (SSSR count). The van der Waals surface area contributed by atoms with E-state index >= 15 is 0 Å². The van der Waals surface area contributed by atoms with Gasteiger partial charge in [0.05, 0.1) is 17.6 Å². The molecule has 0 aromatic carbocycles. The SMILES string of the molecule is CCn1c(SCC(=O)NC(C)C)nnc1-c1ccoc1C. The molecule has 0 bridgehead atoms. The zero-order chi connectivity index (χ0) is 15.4. The highest BCUT2D eigenvalue weighted by Gasteiger charge is 2.17. The van der Waals surface area contributed by atoms with Crippen LogP contribution in [0.25, 0.3) is 11.4 Å². The second kappa shape index (κ2) is 6.80. The molecule has 0 unspecified atom stereocenters. The summed E-state index contributed by atoms with van der Waals surface area (Å²) in [6.45, 7) is 8.54. The molecule has 7 heteroatoms.